The highest BCUT2D eigenvalue weighted by atomic mass is 32.2. The highest BCUT2D eigenvalue weighted by Gasteiger charge is 2.23. The molecule has 3 rings (SSSR count). The second-order valence-electron chi connectivity index (χ2n) is 7.21. The van der Waals surface area contributed by atoms with E-state index in [2.05, 4.69) is 78.4 Å². The molecule has 1 aliphatic rings. The van der Waals surface area contributed by atoms with Crippen molar-refractivity contribution in [2.75, 3.05) is 32.1 Å². The van der Waals surface area contributed by atoms with Crippen LogP contribution in [0.2, 0.25) is 0 Å². The Morgan fingerprint density at radius 1 is 1.07 bits per heavy atom. The van der Waals surface area contributed by atoms with E-state index in [0.717, 1.165) is 50.0 Å². The Kier molecular flexibility index (Phi) is 6.80. The van der Waals surface area contributed by atoms with Crippen molar-refractivity contribution < 1.29 is 5.21 Å². The highest BCUT2D eigenvalue weighted by Crippen LogP contribution is 2.48. The van der Waals surface area contributed by atoms with Crippen molar-refractivity contribution in [1.82, 2.24) is 4.90 Å². The van der Waals surface area contributed by atoms with Gasteiger partial charge < -0.3 is 15.0 Å². The van der Waals surface area contributed by atoms with Crippen molar-refractivity contribution in [2.24, 2.45) is 5.16 Å². The first kappa shape index (κ1) is 19.8. The fourth-order valence-corrected chi connectivity index (χ4v) is 4.47. The van der Waals surface area contributed by atoms with Gasteiger partial charge in [0.25, 0.3) is 0 Å². The topological polar surface area (TPSA) is 39.1 Å². The number of benzene rings is 2. The molecule has 0 amide bonds. The number of hydrogen-bond donors (Lipinski definition) is 1. The minimum Gasteiger partial charge on any atom is -0.411 e. The van der Waals surface area contributed by atoms with Gasteiger partial charge in [-0.15, -0.1) is 0 Å². The number of para-hydroxylation sites is 1. The third-order valence-corrected chi connectivity index (χ3v) is 5.96. The molecule has 1 heterocycles. The standard InChI is InChI=1S/C22H29N3OS/c1-4-5-9-18(23-26)17-12-13-22-20(16-17)25(15-8-14-24(2)3)19-10-6-7-11-21(19)27-22/h6-7,10-13,16,26H,4-5,8-9,14-15H2,1-3H3/b23-18+. The van der Waals surface area contributed by atoms with Gasteiger partial charge in [0, 0.05) is 21.9 Å². The third-order valence-electron chi connectivity index (χ3n) is 4.83. The number of hydrogen-bond acceptors (Lipinski definition) is 5. The van der Waals surface area contributed by atoms with Crippen LogP contribution in [0.5, 0.6) is 0 Å². The van der Waals surface area contributed by atoms with E-state index in [1.807, 2.05) is 11.8 Å². The lowest BCUT2D eigenvalue weighted by atomic mass is 10.0. The van der Waals surface area contributed by atoms with Crippen LogP contribution in [0.1, 0.15) is 38.2 Å². The summed E-state index contributed by atoms with van der Waals surface area (Å²) in [5.41, 5.74) is 4.27. The molecule has 1 N–H and O–H groups in total. The van der Waals surface area contributed by atoms with Crippen LogP contribution in [-0.4, -0.2) is 43.0 Å². The number of nitrogens with zero attached hydrogens (tertiary/aromatic N) is 3. The molecule has 1 aliphatic heterocycles. The van der Waals surface area contributed by atoms with E-state index < -0.39 is 0 Å². The maximum Gasteiger partial charge on any atom is 0.0868 e. The molecule has 4 nitrogen and oxygen atoms in total. The molecule has 0 aliphatic carbocycles. The second-order valence-corrected chi connectivity index (χ2v) is 8.29. The molecule has 2 aromatic rings. The van der Waals surface area contributed by atoms with Gasteiger partial charge in [0.2, 0.25) is 0 Å². The summed E-state index contributed by atoms with van der Waals surface area (Å²) in [4.78, 5) is 7.20. The molecule has 0 unspecified atom stereocenters. The molecule has 0 atom stereocenters. The van der Waals surface area contributed by atoms with Crippen LogP contribution < -0.4 is 4.90 Å². The van der Waals surface area contributed by atoms with Crippen LogP contribution in [0.4, 0.5) is 11.4 Å². The Bertz CT molecular complexity index is 804. The molecule has 144 valence electrons. The first-order valence-electron chi connectivity index (χ1n) is 9.68. The molecule has 0 aromatic heterocycles. The van der Waals surface area contributed by atoms with Crippen molar-refractivity contribution in [2.45, 2.75) is 42.4 Å². The lowest BCUT2D eigenvalue weighted by Gasteiger charge is -2.33. The number of anilines is 2. The van der Waals surface area contributed by atoms with E-state index in [4.69, 9.17) is 0 Å². The summed E-state index contributed by atoms with van der Waals surface area (Å²) >= 11 is 1.82. The predicted octanol–water partition coefficient (Wildman–Crippen LogP) is 5.61. The van der Waals surface area contributed by atoms with E-state index in [1.54, 1.807) is 0 Å². The van der Waals surface area contributed by atoms with Crippen LogP contribution in [0.25, 0.3) is 0 Å². The van der Waals surface area contributed by atoms with Gasteiger partial charge in [0.15, 0.2) is 0 Å². The van der Waals surface area contributed by atoms with Crippen LogP contribution in [0, 0.1) is 0 Å². The maximum absolute atomic E-state index is 9.50. The Hall–Kier alpha value is -1.98. The molecule has 0 radical (unpaired) electrons. The predicted molar refractivity (Wildman–Crippen MR) is 115 cm³/mol. The number of rotatable bonds is 8. The second kappa shape index (κ2) is 9.29. The van der Waals surface area contributed by atoms with Gasteiger partial charge in [-0.3, -0.25) is 0 Å². The molecule has 0 fully saturated rings. The van der Waals surface area contributed by atoms with Gasteiger partial charge >= 0.3 is 0 Å². The van der Waals surface area contributed by atoms with Crippen molar-refractivity contribution in [3.05, 3.63) is 48.0 Å². The zero-order chi connectivity index (χ0) is 19.2. The van der Waals surface area contributed by atoms with Gasteiger partial charge in [0.05, 0.1) is 17.1 Å². The van der Waals surface area contributed by atoms with E-state index in [0.29, 0.717) is 0 Å². The number of oxime groups is 1. The van der Waals surface area contributed by atoms with Crippen LogP contribution in [0.3, 0.4) is 0 Å². The fourth-order valence-electron chi connectivity index (χ4n) is 3.39. The largest absolute Gasteiger partial charge is 0.411 e. The van der Waals surface area contributed by atoms with Crippen LogP contribution >= 0.6 is 11.8 Å². The Labute approximate surface area is 166 Å². The van der Waals surface area contributed by atoms with E-state index in [9.17, 15) is 5.21 Å². The summed E-state index contributed by atoms with van der Waals surface area (Å²) in [6, 6.07) is 15.0. The maximum atomic E-state index is 9.50. The summed E-state index contributed by atoms with van der Waals surface area (Å²) in [7, 11) is 4.23. The molecule has 0 spiro atoms. The summed E-state index contributed by atoms with van der Waals surface area (Å²) in [6.07, 6.45) is 4.01. The average Bonchev–Trinajstić information content (AvgIpc) is 2.68. The molecule has 5 heteroatoms. The monoisotopic (exact) mass is 383 g/mol. The normalized spacial score (nSPS) is 13.6. The molecule has 2 aromatic carbocycles. The van der Waals surface area contributed by atoms with Gasteiger partial charge in [-0.05, 0) is 64.2 Å². The van der Waals surface area contributed by atoms with E-state index in [-0.39, 0.29) is 0 Å². The Balaban J connectivity index is 1.94. The number of fused-ring (bicyclic) bond motifs is 2. The zero-order valence-corrected chi connectivity index (χ0v) is 17.3. The van der Waals surface area contributed by atoms with Gasteiger partial charge in [-0.2, -0.15) is 0 Å². The molecule has 27 heavy (non-hydrogen) atoms. The van der Waals surface area contributed by atoms with Crippen molar-refractivity contribution in [1.29, 1.82) is 0 Å². The molecular formula is C22H29N3OS. The minimum atomic E-state index is 0.775. The van der Waals surface area contributed by atoms with Crippen molar-refractivity contribution in [3.63, 3.8) is 0 Å². The van der Waals surface area contributed by atoms with E-state index >= 15 is 0 Å². The highest BCUT2D eigenvalue weighted by molar-refractivity contribution is 7.99. The quantitative estimate of drug-likeness (QED) is 0.365. The molecular weight excluding hydrogens is 354 g/mol. The summed E-state index contributed by atoms with van der Waals surface area (Å²) in [6.45, 7) is 4.18. The molecule has 0 saturated carbocycles. The van der Waals surface area contributed by atoms with Crippen LogP contribution in [0.15, 0.2) is 57.4 Å². The molecule has 0 saturated heterocycles. The smallest absolute Gasteiger partial charge is 0.0868 e. The van der Waals surface area contributed by atoms with Gasteiger partial charge in [-0.1, -0.05) is 48.5 Å². The summed E-state index contributed by atoms with van der Waals surface area (Å²) in [5, 5.41) is 13.1. The summed E-state index contributed by atoms with van der Waals surface area (Å²) < 4.78 is 0. The summed E-state index contributed by atoms with van der Waals surface area (Å²) in [5.74, 6) is 0. The van der Waals surface area contributed by atoms with Gasteiger partial charge in [0.1, 0.15) is 0 Å². The zero-order valence-electron chi connectivity index (χ0n) is 16.5. The third kappa shape index (κ3) is 4.66. The lowest BCUT2D eigenvalue weighted by molar-refractivity contribution is 0.318. The molecule has 0 bridgehead atoms. The Morgan fingerprint density at radius 2 is 1.85 bits per heavy atom. The fraction of sp³-hybridized carbons (Fsp3) is 0.409. The van der Waals surface area contributed by atoms with Gasteiger partial charge in [-0.25, -0.2) is 0 Å². The first-order chi connectivity index (χ1) is 13.1. The van der Waals surface area contributed by atoms with E-state index in [1.165, 1.54) is 21.2 Å². The average molecular weight is 384 g/mol. The Morgan fingerprint density at radius 3 is 2.59 bits per heavy atom. The SMILES string of the molecule is CCCC/C(=N\O)c1ccc2c(c1)N(CCCN(C)C)c1ccccc1S2. The minimum absolute atomic E-state index is 0.775. The first-order valence-corrected chi connectivity index (χ1v) is 10.5. The van der Waals surface area contributed by atoms with Crippen molar-refractivity contribution >= 4 is 28.8 Å². The number of unbranched alkanes of at least 4 members (excludes halogenated alkanes) is 1. The van der Waals surface area contributed by atoms with Crippen LogP contribution in [-0.2, 0) is 0 Å². The lowest BCUT2D eigenvalue weighted by Crippen LogP contribution is -2.25. The van der Waals surface area contributed by atoms with Crippen molar-refractivity contribution in [3.8, 4) is 0 Å².